The molecule has 3 nitrogen and oxygen atoms in total. The van der Waals surface area contributed by atoms with Crippen LogP contribution in [0.1, 0.15) is 48.2 Å². The van der Waals surface area contributed by atoms with Crippen LogP contribution in [0.25, 0.3) is 0 Å². The molecule has 3 heteroatoms. The van der Waals surface area contributed by atoms with Gasteiger partial charge in [0, 0.05) is 17.8 Å². The second kappa shape index (κ2) is 7.02. The molecule has 0 aliphatic heterocycles. The highest BCUT2D eigenvalue weighted by Gasteiger charge is 2.17. The molecule has 1 N–H and O–H groups in total. The van der Waals surface area contributed by atoms with Gasteiger partial charge in [0.25, 0.3) is 0 Å². The summed E-state index contributed by atoms with van der Waals surface area (Å²) in [4.78, 5) is 17.1. The lowest BCUT2D eigenvalue weighted by Gasteiger charge is -2.17. The van der Waals surface area contributed by atoms with Crippen molar-refractivity contribution in [1.29, 1.82) is 0 Å². The van der Waals surface area contributed by atoms with E-state index in [1.807, 2.05) is 43.3 Å². The van der Waals surface area contributed by atoms with E-state index in [9.17, 15) is 4.79 Å². The fraction of sp³-hybridized carbons (Fsp3) is 0.333. The van der Waals surface area contributed by atoms with Crippen molar-refractivity contribution in [1.82, 2.24) is 4.98 Å². The summed E-state index contributed by atoms with van der Waals surface area (Å²) < 4.78 is 0. The number of rotatable bonds is 6. The van der Waals surface area contributed by atoms with E-state index in [2.05, 4.69) is 24.1 Å². The number of anilines is 1. The third kappa shape index (κ3) is 3.48. The van der Waals surface area contributed by atoms with Crippen molar-refractivity contribution in [2.24, 2.45) is 0 Å². The zero-order valence-electron chi connectivity index (χ0n) is 12.9. The number of nitrogens with one attached hydrogen (secondary N) is 1. The van der Waals surface area contributed by atoms with E-state index < -0.39 is 0 Å². The molecule has 1 aromatic carbocycles. The summed E-state index contributed by atoms with van der Waals surface area (Å²) >= 11 is 0. The zero-order valence-corrected chi connectivity index (χ0v) is 12.9. The summed E-state index contributed by atoms with van der Waals surface area (Å²) in [5, 5.41) is 3.39. The molecule has 0 bridgehead atoms. The molecule has 0 spiro atoms. The van der Waals surface area contributed by atoms with E-state index >= 15 is 0 Å². The number of benzene rings is 1. The number of hydrogen-bond donors (Lipinski definition) is 1. The maximum atomic E-state index is 12.8. The Morgan fingerprint density at radius 2 is 1.76 bits per heavy atom. The average Bonchev–Trinajstić information content (AvgIpc) is 2.53. The molecule has 21 heavy (non-hydrogen) atoms. The zero-order chi connectivity index (χ0) is 15.2. The largest absolute Gasteiger partial charge is 0.367 e. The van der Waals surface area contributed by atoms with Gasteiger partial charge < -0.3 is 5.32 Å². The van der Waals surface area contributed by atoms with Crippen molar-refractivity contribution in [2.45, 2.75) is 39.7 Å². The molecule has 0 saturated heterocycles. The van der Waals surface area contributed by atoms with Gasteiger partial charge in [0.2, 0.25) is 0 Å². The number of ketones is 1. The average molecular weight is 282 g/mol. The third-order valence-electron chi connectivity index (χ3n) is 3.77. The smallest absolute Gasteiger partial charge is 0.197 e. The van der Waals surface area contributed by atoms with Crippen LogP contribution in [-0.4, -0.2) is 16.8 Å². The molecule has 0 radical (unpaired) electrons. The minimum absolute atomic E-state index is 0.0228. The molecular weight excluding hydrogens is 260 g/mol. The van der Waals surface area contributed by atoms with Crippen LogP contribution in [-0.2, 0) is 0 Å². The molecule has 0 aliphatic rings. The topological polar surface area (TPSA) is 42.0 Å². The first-order valence-corrected chi connectivity index (χ1v) is 7.49. The van der Waals surface area contributed by atoms with Crippen molar-refractivity contribution in [3.8, 4) is 0 Å². The molecule has 2 rings (SSSR count). The Bertz CT molecular complexity index is 618. The molecule has 0 aliphatic carbocycles. The van der Waals surface area contributed by atoms with Crippen molar-refractivity contribution in [3.63, 3.8) is 0 Å². The Morgan fingerprint density at radius 1 is 1.10 bits per heavy atom. The molecule has 0 saturated carbocycles. The SMILES string of the molecule is CCC(CC)Nc1ncccc1C(=O)c1ccccc1C. The van der Waals surface area contributed by atoms with E-state index in [1.165, 1.54) is 0 Å². The Kier molecular flexibility index (Phi) is 5.09. The summed E-state index contributed by atoms with van der Waals surface area (Å²) in [6.07, 6.45) is 3.73. The normalized spacial score (nSPS) is 10.7. The number of nitrogens with zero attached hydrogens (tertiary/aromatic N) is 1. The number of aromatic nitrogens is 1. The Balaban J connectivity index is 2.36. The van der Waals surface area contributed by atoms with E-state index in [0.717, 1.165) is 24.0 Å². The van der Waals surface area contributed by atoms with Gasteiger partial charge in [0.15, 0.2) is 5.78 Å². The van der Waals surface area contributed by atoms with Gasteiger partial charge in [-0.05, 0) is 37.5 Å². The molecule has 1 aromatic heterocycles. The van der Waals surface area contributed by atoms with Crippen molar-refractivity contribution in [2.75, 3.05) is 5.32 Å². The molecule has 0 unspecified atom stereocenters. The fourth-order valence-electron chi connectivity index (χ4n) is 2.36. The molecule has 0 amide bonds. The van der Waals surface area contributed by atoms with Gasteiger partial charge in [-0.25, -0.2) is 4.98 Å². The number of pyridine rings is 1. The lowest BCUT2D eigenvalue weighted by Crippen LogP contribution is -2.20. The predicted octanol–water partition coefficient (Wildman–Crippen LogP) is 4.22. The highest BCUT2D eigenvalue weighted by molar-refractivity contribution is 6.12. The van der Waals surface area contributed by atoms with Crippen LogP contribution >= 0.6 is 0 Å². The quantitative estimate of drug-likeness (QED) is 0.806. The van der Waals surface area contributed by atoms with Gasteiger partial charge >= 0.3 is 0 Å². The van der Waals surface area contributed by atoms with Gasteiger partial charge in [0.1, 0.15) is 5.82 Å². The van der Waals surface area contributed by atoms with Crippen LogP contribution in [0.4, 0.5) is 5.82 Å². The van der Waals surface area contributed by atoms with E-state index in [-0.39, 0.29) is 5.78 Å². The van der Waals surface area contributed by atoms with Gasteiger partial charge in [-0.1, -0.05) is 38.1 Å². The Morgan fingerprint density at radius 3 is 2.43 bits per heavy atom. The molecular formula is C18H22N2O. The maximum absolute atomic E-state index is 12.8. The molecule has 0 atom stereocenters. The second-order valence-electron chi connectivity index (χ2n) is 5.20. The van der Waals surface area contributed by atoms with E-state index in [4.69, 9.17) is 0 Å². The van der Waals surface area contributed by atoms with Crippen LogP contribution in [0.2, 0.25) is 0 Å². The Hall–Kier alpha value is -2.16. The van der Waals surface area contributed by atoms with E-state index in [0.29, 0.717) is 17.4 Å². The molecule has 110 valence electrons. The number of carbonyl (C=O) groups is 1. The summed E-state index contributed by atoms with van der Waals surface area (Å²) in [5.41, 5.74) is 2.36. The minimum atomic E-state index is 0.0228. The summed E-state index contributed by atoms with van der Waals surface area (Å²) in [6.45, 7) is 6.22. The maximum Gasteiger partial charge on any atom is 0.197 e. The first-order valence-electron chi connectivity index (χ1n) is 7.49. The number of aryl methyl sites for hydroxylation is 1. The summed E-state index contributed by atoms with van der Waals surface area (Å²) in [6, 6.07) is 11.6. The Labute approximate surface area is 126 Å². The highest BCUT2D eigenvalue weighted by Crippen LogP contribution is 2.20. The first kappa shape index (κ1) is 15.2. The minimum Gasteiger partial charge on any atom is -0.367 e. The number of hydrogen-bond acceptors (Lipinski definition) is 3. The third-order valence-corrected chi connectivity index (χ3v) is 3.77. The lowest BCUT2D eigenvalue weighted by molar-refractivity contribution is 0.103. The molecule has 0 fully saturated rings. The standard InChI is InChI=1S/C18H22N2O/c1-4-14(5-2)20-18-16(11-8-12-19-18)17(21)15-10-7-6-9-13(15)3/h6-12,14H,4-5H2,1-3H3,(H,19,20). The molecule has 1 heterocycles. The van der Waals surface area contributed by atoms with Crippen LogP contribution in [0.5, 0.6) is 0 Å². The van der Waals surface area contributed by atoms with Crippen molar-refractivity contribution < 1.29 is 4.79 Å². The van der Waals surface area contributed by atoms with Crippen LogP contribution in [0.3, 0.4) is 0 Å². The van der Waals surface area contributed by atoms with Gasteiger partial charge in [0.05, 0.1) is 5.56 Å². The predicted molar refractivity (Wildman–Crippen MR) is 86.8 cm³/mol. The first-order chi connectivity index (χ1) is 10.2. The highest BCUT2D eigenvalue weighted by atomic mass is 16.1. The summed E-state index contributed by atoms with van der Waals surface area (Å²) in [5.74, 6) is 0.703. The van der Waals surface area contributed by atoms with Gasteiger partial charge in [-0.2, -0.15) is 0 Å². The second-order valence-corrected chi connectivity index (χ2v) is 5.20. The lowest BCUT2D eigenvalue weighted by atomic mass is 9.99. The fourth-order valence-corrected chi connectivity index (χ4v) is 2.36. The van der Waals surface area contributed by atoms with Crippen molar-refractivity contribution >= 4 is 11.6 Å². The van der Waals surface area contributed by atoms with E-state index in [1.54, 1.807) is 6.20 Å². The molecule has 2 aromatic rings. The van der Waals surface area contributed by atoms with Crippen LogP contribution < -0.4 is 5.32 Å². The number of carbonyl (C=O) groups excluding carboxylic acids is 1. The van der Waals surface area contributed by atoms with Crippen LogP contribution in [0, 0.1) is 6.92 Å². The van der Waals surface area contributed by atoms with Gasteiger partial charge in [-0.3, -0.25) is 4.79 Å². The van der Waals surface area contributed by atoms with Gasteiger partial charge in [-0.15, -0.1) is 0 Å². The monoisotopic (exact) mass is 282 g/mol. The van der Waals surface area contributed by atoms with Crippen molar-refractivity contribution in [3.05, 3.63) is 59.3 Å². The van der Waals surface area contributed by atoms with Crippen LogP contribution in [0.15, 0.2) is 42.6 Å². The summed E-state index contributed by atoms with van der Waals surface area (Å²) in [7, 11) is 0.